The summed E-state index contributed by atoms with van der Waals surface area (Å²) in [5.41, 5.74) is 2.32. The van der Waals surface area contributed by atoms with Crippen LogP contribution in [0, 0.1) is 6.92 Å². The standard InChI is InChI=1S/C17H17NO3/c1-12-6-3-4-9-16(12)18-17(20)11-21-15-8-5-7-14(10-15)13(2)19/h3-10H,11H2,1-2H3,(H,18,20). The molecule has 0 aliphatic carbocycles. The topological polar surface area (TPSA) is 55.4 Å². The van der Waals surface area contributed by atoms with Crippen LogP contribution in [0.2, 0.25) is 0 Å². The van der Waals surface area contributed by atoms with Crippen molar-refractivity contribution in [1.29, 1.82) is 0 Å². The van der Waals surface area contributed by atoms with Crippen molar-refractivity contribution in [3.63, 3.8) is 0 Å². The molecule has 0 aromatic heterocycles. The summed E-state index contributed by atoms with van der Waals surface area (Å²) in [7, 11) is 0. The third kappa shape index (κ3) is 4.18. The van der Waals surface area contributed by atoms with Gasteiger partial charge in [0, 0.05) is 11.3 Å². The van der Waals surface area contributed by atoms with Gasteiger partial charge < -0.3 is 10.1 Å². The summed E-state index contributed by atoms with van der Waals surface area (Å²) in [5, 5.41) is 2.79. The van der Waals surface area contributed by atoms with E-state index in [1.807, 2.05) is 31.2 Å². The first-order chi connectivity index (χ1) is 10.1. The maximum atomic E-state index is 11.9. The Bertz CT molecular complexity index is 665. The molecule has 1 amide bonds. The number of aryl methyl sites for hydroxylation is 1. The molecule has 0 radical (unpaired) electrons. The number of hydrogen-bond acceptors (Lipinski definition) is 3. The van der Waals surface area contributed by atoms with Crippen LogP contribution in [0.15, 0.2) is 48.5 Å². The van der Waals surface area contributed by atoms with Crippen molar-refractivity contribution in [3.05, 3.63) is 59.7 Å². The van der Waals surface area contributed by atoms with Gasteiger partial charge in [0.15, 0.2) is 12.4 Å². The van der Waals surface area contributed by atoms with Gasteiger partial charge in [-0.15, -0.1) is 0 Å². The van der Waals surface area contributed by atoms with Gasteiger partial charge in [-0.3, -0.25) is 9.59 Å². The molecule has 21 heavy (non-hydrogen) atoms. The van der Waals surface area contributed by atoms with Gasteiger partial charge in [-0.05, 0) is 37.6 Å². The Labute approximate surface area is 123 Å². The quantitative estimate of drug-likeness (QED) is 0.857. The largest absolute Gasteiger partial charge is 0.484 e. The minimum atomic E-state index is -0.238. The van der Waals surface area contributed by atoms with E-state index in [1.165, 1.54) is 6.92 Å². The molecule has 0 bridgehead atoms. The summed E-state index contributed by atoms with van der Waals surface area (Å²) < 4.78 is 5.41. The molecule has 0 saturated carbocycles. The van der Waals surface area contributed by atoms with Crippen LogP contribution in [0.3, 0.4) is 0 Å². The second kappa shape index (κ2) is 6.70. The smallest absolute Gasteiger partial charge is 0.262 e. The monoisotopic (exact) mass is 283 g/mol. The van der Waals surface area contributed by atoms with Crippen LogP contribution in [-0.4, -0.2) is 18.3 Å². The molecule has 1 N–H and O–H groups in total. The van der Waals surface area contributed by atoms with Crippen LogP contribution in [-0.2, 0) is 4.79 Å². The number of amides is 1. The van der Waals surface area contributed by atoms with Crippen molar-refractivity contribution >= 4 is 17.4 Å². The molecule has 0 aliphatic heterocycles. The maximum Gasteiger partial charge on any atom is 0.262 e. The summed E-state index contributed by atoms with van der Waals surface area (Å²) in [6.07, 6.45) is 0. The number of rotatable bonds is 5. The molecule has 0 saturated heterocycles. The van der Waals surface area contributed by atoms with Crippen LogP contribution in [0.1, 0.15) is 22.8 Å². The number of anilines is 1. The third-order valence-electron chi connectivity index (χ3n) is 3.03. The number of para-hydroxylation sites is 1. The lowest BCUT2D eigenvalue weighted by Gasteiger charge is -2.09. The molecule has 0 heterocycles. The molecule has 0 aliphatic rings. The van der Waals surface area contributed by atoms with E-state index in [1.54, 1.807) is 24.3 Å². The molecule has 2 rings (SSSR count). The van der Waals surface area contributed by atoms with E-state index in [0.29, 0.717) is 11.3 Å². The lowest BCUT2D eigenvalue weighted by atomic mass is 10.1. The van der Waals surface area contributed by atoms with Crippen LogP contribution in [0.4, 0.5) is 5.69 Å². The Kier molecular flexibility index (Phi) is 4.72. The molecule has 0 unspecified atom stereocenters. The molecule has 0 spiro atoms. The SMILES string of the molecule is CC(=O)c1cccc(OCC(=O)Nc2ccccc2C)c1. The van der Waals surface area contributed by atoms with Gasteiger partial charge in [0.25, 0.3) is 5.91 Å². The Morgan fingerprint density at radius 1 is 1.10 bits per heavy atom. The summed E-state index contributed by atoms with van der Waals surface area (Å²) in [4.78, 5) is 23.1. The second-order valence-electron chi connectivity index (χ2n) is 4.74. The molecular formula is C17H17NO3. The van der Waals surface area contributed by atoms with Gasteiger partial charge in [-0.1, -0.05) is 30.3 Å². The summed E-state index contributed by atoms with van der Waals surface area (Å²) in [6, 6.07) is 14.3. The van der Waals surface area contributed by atoms with E-state index in [4.69, 9.17) is 4.74 Å². The van der Waals surface area contributed by atoms with Gasteiger partial charge in [0.1, 0.15) is 5.75 Å². The predicted molar refractivity (Wildman–Crippen MR) is 81.8 cm³/mol. The van der Waals surface area contributed by atoms with Gasteiger partial charge in [-0.25, -0.2) is 0 Å². The normalized spacial score (nSPS) is 10.0. The first-order valence-corrected chi connectivity index (χ1v) is 6.65. The maximum absolute atomic E-state index is 11.9. The molecule has 0 atom stereocenters. The van der Waals surface area contributed by atoms with Gasteiger partial charge >= 0.3 is 0 Å². The second-order valence-corrected chi connectivity index (χ2v) is 4.74. The summed E-state index contributed by atoms with van der Waals surface area (Å²) in [6.45, 7) is 3.31. The Morgan fingerprint density at radius 3 is 2.57 bits per heavy atom. The number of hydrogen-bond donors (Lipinski definition) is 1. The van der Waals surface area contributed by atoms with E-state index in [2.05, 4.69) is 5.32 Å². The Morgan fingerprint density at radius 2 is 1.86 bits per heavy atom. The fraction of sp³-hybridized carbons (Fsp3) is 0.176. The molecule has 4 nitrogen and oxygen atoms in total. The van der Waals surface area contributed by atoms with Gasteiger partial charge in [0.05, 0.1) is 0 Å². The highest BCUT2D eigenvalue weighted by atomic mass is 16.5. The molecule has 2 aromatic carbocycles. The fourth-order valence-corrected chi connectivity index (χ4v) is 1.85. The van der Waals surface area contributed by atoms with E-state index in [9.17, 15) is 9.59 Å². The molecule has 2 aromatic rings. The molecule has 0 fully saturated rings. The zero-order valence-corrected chi connectivity index (χ0v) is 12.1. The Balaban J connectivity index is 1.94. The highest BCUT2D eigenvalue weighted by Crippen LogP contribution is 2.15. The van der Waals surface area contributed by atoms with E-state index >= 15 is 0 Å². The number of ether oxygens (including phenoxy) is 1. The lowest BCUT2D eigenvalue weighted by Crippen LogP contribution is -2.20. The van der Waals surface area contributed by atoms with Crippen molar-refractivity contribution in [1.82, 2.24) is 0 Å². The van der Waals surface area contributed by atoms with Crippen LogP contribution in [0.5, 0.6) is 5.75 Å². The van der Waals surface area contributed by atoms with Gasteiger partial charge in [-0.2, -0.15) is 0 Å². The lowest BCUT2D eigenvalue weighted by molar-refractivity contribution is -0.118. The summed E-state index contributed by atoms with van der Waals surface area (Å²) in [5.74, 6) is 0.227. The van der Waals surface area contributed by atoms with E-state index in [0.717, 1.165) is 11.3 Å². The highest BCUT2D eigenvalue weighted by molar-refractivity contribution is 5.94. The minimum Gasteiger partial charge on any atom is -0.484 e. The molecular weight excluding hydrogens is 266 g/mol. The Hall–Kier alpha value is -2.62. The average molecular weight is 283 g/mol. The predicted octanol–water partition coefficient (Wildman–Crippen LogP) is 3.22. The molecule has 4 heteroatoms. The molecule has 108 valence electrons. The van der Waals surface area contributed by atoms with Gasteiger partial charge in [0.2, 0.25) is 0 Å². The van der Waals surface area contributed by atoms with Crippen molar-refractivity contribution < 1.29 is 14.3 Å². The first kappa shape index (κ1) is 14.8. The number of benzene rings is 2. The van der Waals surface area contributed by atoms with Crippen LogP contribution in [0.25, 0.3) is 0 Å². The number of Topliss-reactive ketones (excluding diaryl/α,β-unsaturated/α-hetero) is 1. The zero-order chi connectivity index (χ0) is 15.2. The number of carbonyl (C=O) groups is 2. The average Bonchev–Trinajstić information content (AvgIpc) is 2.48. The first-order valence-electron chi connectivity index (χ1n) is 6.65. The fourth-order valence-electron chi connectivity index (χ4n) is 1.85. The number of nitrogens with one attached hydrogen (secondary N) is 1. The zero-order valence-electron chi connectivity index (χ0n) is 12.1. The summed E-state index contributed by atoms with van der Waals surface area (Å²) >= 11 is 0. The van der Waals surface area contributed by atoms with Crippen molar-refractivity contribution in [2.75, 3.05) is 11.9 Å². The van der Waals surface area contributed by atoms with Crippen LogP contribution < -0.4 is 10.1 Å². The van der Waals surface area contributed by atoms with E-state index < -0.39 is 0 Å². The minimum absolute atomic E-state index is 0.0372. The highest BCUT2D eigenvalue weighted by Gasteiger charge is 2.06. The van der Waals surface area contributed by atoms with Crippen molar-refractivity contribution in [3.8, 4) is 5.75 Å². The number of ketones is 1. The number of carbonyl (C=O) groups excluding carboxylic acids is 2. The van der Waals surface area contributed by atoms with E-state index in [-0.39, 0.29) is 18.3 Å². The van der Waals surface area contributed by atoms with Crippen molar-refractivity contribution in [2.45, 2.75) is 13.8 Å². The third-order valence-corrected chi connectivity index (χ3v) is 3.03. The van der Waals surface area contributed by atoms with Crippen molar-refractivity contribution in [2.24, 2.45) is 0 Å². The van der Waals surface area contributed by atoms with Crippen LogP contribution >= 0.6 is 0 Å².